The maximum atomic E-state index is 12.9. The zero-order chi connectivity index (χ0) is 24.8. The Hall–Kier alpha value is -3.76. The number of para-hydroxylation sites is 2. The molecule has 1 amide bonds. The van der Waals surface area contributed by atoms with Crippen molar-refractivity contribution in [3.05, 3.63) is 72.3 Å². The van der Waals surface area contributed by atoms with Gasteiger partial charge in [0.1, 0.15) is 23.9 Å². The molecule has 0 spiro atoms. The largest absolute Gasteiger partial charge is 0.506 e. The normalized spacial score (nSPS) is 15.4. The molecular weight excluding hydrogens is 472 g/mol. The zero-order valence-electron chi connectivity index (χ0n) is 19.1. The van der Waals surface area contributed by atoms with Crippen LogP contribution in [0.4, 0.5) is 11.4 Å². The summed E-state index contributed by atoms with van der Waals surface area (Å²) in [6, 6.07) is 16.8. The lowest BCUT2D eigenvalue weighted by Crippen LogP contribution is -2.17. The molecule has 1 heterocycles. The van der Waals surface area contributed by atoms with Gasteiger partial charge in [0.15, 0.2) is 0 Å². The molecule has 0 aromatic heterocycles. The van der Waals surface area contributed by atoms with Gasteiger partial charge in [0.05, 0.1) is 29.5 Å². The molecule has 35 heavy (non-hydrogen) atoms. The van der Waals surface area contributed by atoms with Gasteiger partial charge >= 0.3 is 0 Å². The summed E-state index contributed by atoms with van der Waals surface area (Å²) in [5.41, 5.74) is 0.492. The minimum Gasteiger partial charge on any atom is -0.506 e. The van der Waals surface area contributed by atoms with E-state index in [4.69, 9.17) is 14.2 Å². The van der Waals surface area contributed by atoms with Crippen molar-refractivity contribution in [3.8, 4) is 17.2 Å². The van der Waals surface area contributed by atoms with Crippen molar-refractivity contribution in [2.45, 2.75) is 23.8 Å². The van der Waals surface area contributed by atoms with E-state index in [1.165, 1.54) is 25.3 Å². The number of anilines is 2. The van der Waals surface area contributed by atoms with Crippen molar-refractivity contribution < 1.29 is 32.5 Å². The standard InChI is InChI=1S/C25H26N2O7S/c1-32-24-10-3-2-9-21(24)27-35(30,31)20-11-12-23(28)22(15-20)26-25(29)17-6-4-7-18(14-17)34-16-19-8-5-13-33-19/h2-4,6-7,9-12,14-15,19,27-28H,5,8,13,16H2,1H3,(H,26,29)/t19-/m1/s1. The second kappa shape index (κ2) is 10.7. The number of rotatable bonds is 9. The molecule has 1 fully saturated rings. The average Bonchev–Trinajstić information content (AvgIpc) is 3.38. The number of phenolic OH excluding ortho intramolecular Hbond substituents is 1. The lowest BCUT2D eigenvalue weighted by atomic mass is 10.2. The van der Waals surface area contributed by atoms with Gasteiger partial charge in [-0.3, -0.25) is 9.52 Å². The summed E-state index contributed by atoms with van der Waals surface area (Å²) in [6.07, 6.45) is 1.98. The van der Waals surface area contributed by atoms with Gasteiger partial charge in [0, 0.05) is 12.2 Å². The summed E-state index contributed by atoms with van der Waals surface area (Å²) in [6.45, 7) is 1.12. The van der Waals surface area contributed by atoms with Gasteiger partial charge in [-0.1, -0.05) is 18.2 Å². The average molecular weight is 499 g/mol. The van der Waals surface area contributed by atoms with Crippen LogP contribution in [0.15, 0.2) is 71.6 Å². The SMILES string of the molecule is COc1ccccc1NS(=O)(=O)c1ccc(O)c(NC(=O)c2cccc(OC[C@H]3CCCO3)c2)c1. The van der Waals surface area contributed by atoms with E-state index in [1.807, 2.05) is 0 Å². The van der Waals surface area contributed by atoms with Gasteiger partial charge < -0.3 is 24.6 Å². The van der Waals surface area contributed by atoms with Crippen LogP contribution in [0, 0.1) is 0 Å². The van der Waals surface area contributed by atoms with E-state index in [0.717, 1.165) is 19.4 Å². The Kier molecular flexibility index (Phi) is 7.42. The smallest absolute Gasteiger partial charge is 0.262 e. The highest BCUT2D eigenvalue weighted by atomic mass is 32.2. The maximum absolute atomic E-state index is 12.9. The van der Waals surface area contributed by atoms with Gasteiger partial charge in [-0.05, 0) is 61.4 Å². The second-order valence-electron chi connectivity index (χ2n) is 7.91. The van der Waals surface area contributed by atoms with Crippen LogP contribution in [0.5, 0.6) is 17.2 Å². The Bertz CT molecular complexity index is 1300. The van der Waals surface area contributed by atoms with Crippen molar-refractivity contribution in [3.63, 3.8) is 0 Å². The van der Waals surface area contributed by atoms with E-state index in [9.17, 15) is 18.3 Å². The van der Waals surface area contributed by atoms with Crippen LogP contribution in [0.2, 0.25) is 0 Å². The zero-order valence-corrected chi connectivity index (χ0v) is 19.9. The topological polar surface area (TPSA) is 123 Å². The highest BCUT2D eigenvalue weighted by molar-refractivity contribution is 7.92. The molecule has 0 bridgehead atoms. The number of hydrogen-bond acceptors (Lipinski definition) is 7. The van der Waals surface area contributed by atoms with Gasteiger partial charge in [0.25, 0.3) is 15.9 Å². The molecule has 3 aromatic rings. The number of hydrogen-bond donors (Lipinski definition) is 3. The summed E-state index contributed by atoms with van der Waals surface area (Å²) in [5.74, 6) is 0.0511. The molecule has 0 aliphatic carbocycles. The van der Waals surface area contributed by atoms with Crippen LogP contribution >= 0.6 is 0 Å². The summed E-state index contributed by atoms with van der Waals surface area (Å²) < 4.78 is 44.8. The highest BCUT2D eigenvalue weighted by Gasteiger charge is 2.20. The van der Waals surface area contributed by atoms with Crippen LogP contribution in [0.25, 0.3) is 0 Å². The minimum absolute atomic E-state index is 0.0404. The predicted octanol–water partition coefficient (Wildman–Crippen LogP) is 4.01. The van der Waals surface area contributed by atoms with Gasteiger partial charge in [-0.25, -0.2) is 8.42 Å². The highest BCUT2D eigenvalue weighted by Crippen LogP contribution is 2.30. The van der Waals surface area contributed by atoms with Crippen LogP contribution < -0.4 is 19.5 Å². The van der Waals surface area contributed by atoms with Crippen molar-refractivity contribution in [2.24, 2.45) is 0 Å². The number of phenols is 1. The first-order valence-electron chi connectivity index (χ1n) is 11.0. The molecule has 4 rings (SSSR count). The molecule has 0 saturated carbocycles. The molecule has 1 aliphatic rings. The third kappa shape index (κ3) is 6.03. The molecule has 3 aromatic carbocycles. The first kappa shape index (κ1) is 24.4. The van der Waals surface area contributed by atoms with E-state index < -0.39 is 15.9 Å². The third-order valence-electron chi connectivity index (χ3n) is 5.43. The van der Waals surface area contributed by atoms with Crippen LogP contribution in [-0.2, 0) is 14.8 Å². The van der Waals surface area contributed by atoms with Gasteiger partial charge in [-0.15, -0.1) is 0 Å². The Morgan fingerprint density at radius 1 is 1.09 bits per heavy atom. The third-order valence-corrected chi connectivity index (χ3v) is 6.80. The number of aromatic hydroxyl groups is 1. The fourth-order valence-corrected chi connectivity index (χ4v) is 4.70. The maximum Gasteiger partial charge on any atom is 0.262 e. The molecule has 0 radical (unpaired) electrons. The Morgan fingerprint density at radius 2 is 1.91 bits per heavy atom. The van der Waals surface area contributed by atoms with Crippen molar-refractivity contribution in [1.82, 2.24) is 0 Å². The Labute approximate surface area is 203 Å². The molecule has 3 N–H and O–H groups in total. The number of sulfonamides is 1. The van der Waals surface area contributed by atoms with Crippen molar-refractivity contribution in [2.75, 3.05) is 30.4 Å². The Morgan fingerprint density at radius 3 is 2.69 bits per heavy atom. The number of ether oxygens (including phenoxy) is 3. The lowest BCUT2D eigenvalue weighted by molar-refractivity contribution is 0.0679. The fraction of sp³-hybridized carbons (Fsp3) is 0.240. The number of carbonyl (C=O) groups is 1. The predicted molar refractivity (Wildman–Crippen MR) is 131 cm³/mol. The number of carbonyl (C=O) groups excluding carboxylic acids is 1. The van der Waals surface area contributed by atoms with E-state index in [0.29, 0.717) is 18.1 Å². The van der Waals surface area contributed by atoms with Crippen LogP contribution in [0.1, 0.15) is 23.2 Å². The van der Waals surface area contributed by atoms with Gasteiger partial charge in [0.2, 0.25) is 0 Å². The summed E-state index contributed by atoms with van der Waals surface area (Å²) in [4.78, 5) is 12.7. The Balaban J connectivity index is 1.49. The fourth-order valence-electron chi connectivity index (χ4n) is 3.60. The molecular formula is C25H26N2O7S. The van der Waals surface area contributed by atoms with E-state index in [-0.39, 0.29) is 33.7 Å². The summed E-state index contributed by atoms with van der Waals surface area (Å²) in [5, 5.41) is 12.8. The summed E-state index contributed by atoms with van der Waals surface area (Å²) in [7, 11) is -2.60. The quantitative estimate of drug-likeness (QED) is 0.381. The number of amides is 1. The molecule has 1 aliphatic heterocycles. The van der Waals surface area contributed by atoms with Crippen LogP contribution in [0.3, 0.4) is 0 Å². The first-order valence-corrected chi connectivity index (χ1v) is 12.5. The molecule has 184 valence electrons. The van der Waals surface area contributed by atoms with E-state index >= 15 is 0 Å². The lowest BCUT2D eigenvalue weighted by Gasteiger charge is -2.14. The van der Waals surface area contributed by atoms with Crippen molar-refractivity contribution >= 4 is 27.3 Å². The molecule has 0 unspecified atom stereocenters. The van der Waals surface area contributed by atoms with E-state index in [2.05, 4.69) is 10.0 Å². The monoisotopic (exact) mass is 498 g/mol. The second-order valence-corrected chi connectivity index (χ2v) is 9.60. The number of benzene rings is 3. The van der Waals surface area contributed by atoms with Gasteiger partial charge in [-0.2, -0.15) is 0 Å². The number of nitrogens with one attached hydrogen (secondary N) is 2. The number of methoxy groups -OCH3 is 1. The van der Waals surface area contributed by atoms with Crippen molar-refractivity contribution in [1.29, 1.82) is 0 Å². The molecule has 9 nitrogen and oxygen atoms in total. The molecule has 10 heteroatoms. The van der Waals surface area contributed by atoms with Crippen LogP contribution in [-0.4, -0.2) is 45.9 Å². The molecule has 1 atom stereocenters. The first-order chi connectivity index (χ1) is 16.9. The molecule has 1 saturated heterocycles. The summed E-state index contributed by atoms with van der Waals surface area (Å²) >= 11 is 0. The van der Waals surface area contributed by atoms with E-state index in [1.54, 1.807) is 48.5 Å². The minimum atomic E-state index is -4.03.